The van der Waals surface area contributed by atoms with Crippen molar-refractivity contribution < 1.29 is 12.4 Å². The van der Waals surface area contributed by atoms with E-state index in [1.54, 1.807) is 0 Å². The molecule has 3 heteroatoms. The molecule has 0 heterocycles. The van der Waals surface area contributed by atoms with Gasteiger partial charge in [-0.1, -0.05) is 0 Å². The molecule has 0 aliphatic rings. The fraction of sp³-hybridized carbons (Fsp3) is 1.00. The molecule has 0 unspecified atom stereocenters. The third-order valence-corrected chi connectivity index (χ3v) is 12.2. The fourth-order valence-electron chi connectivity index (χ4n) is 1.39. The molecule has 0 saturated carbocycles. The summed E-state index contributed by atoms with van der Waals surface area (Å²) in [6.07, 6.45) is 8.31. The van der Waals surface area contributed by atoms with E-state index in [0.717, 1.165) is 0 Å². The second-order valence-electron chi connectivity index (χ2n) is 3.77. The van der Waals surface area contributed by atoms with E-state index in [4.69, 9.17) is 0 Å². The molecular weight excluding hydrogens is 328 g/mol. The molecule has 0 N–H and O–H groups in total. The van der Waals surface area contributed by atoms with Crippen LogP contribution in [-0.4, -0.2) is 0 Å². The molecule has 0 aromatic rings. The summed E-state index contributed by atoms with van der Waals surface area (Å²) in [7, 11) is 0. The van der Waals surface area contributed by atoms with Gasteiger partial charge in [-0.05, 0) is 0 Å². The Kier molecular flexibility index (Phi) is 10.1. The van der Waals surface area contributed by atoms with E-state index in [9.17, 15) is 0 Å². The summed E-state index contributed by atoms with van der Waals surface area (Å²) in [6, 6.07) is 0. The van der Waals surface area contributed by atoms with E-state index in [1.807, 2.05) is 0 Å². The maximum absolute atomic E-state index is 3.95. The van der Waals surface area contributed by atoms with E-state index >= 15 is 0 Å². The topological polar surface area (TPSA) is 0 Å². The zero-order chi connectivity index (χ0) is 10.2. The van der Waals surface area contributed by atoms with Crippen LogP contribution in [0.15, 0.2) is 0 Å². The molecule has 0 atom stereocenters. The third kappa shape index (κ3) is 9.97. The van der Waals surface area contributed by atoms with Gasteiger partial charge in [0.2, 0.25) is 0 Å². The summed E-state index contributed by atoms with van der Waals surface area (Å²) < 4.78 is 2.88. The van der Waals surface area contributed by atoms with Gasteiger partial charge >= 0.3 is 101 Å². The van der Waals surface area contributed by atoms with Gasteiger partial charge in [-0.25, -0.2) is 0 Å². The molecule has 0 aromatic heterocycles. The van der Waals surface area contributed by atoms with Crippen LogP contribution >= 0.6 is 26.3 Å². The molecule has 0 spiro atoms. The number of hydrogen-bond acceptors (Lipinski definition) is 0. The van der Waals surface area contributed by atoms with Gasteiger partial charge in [0.05, 0.1) is 0 Å². The fourth-order valence-corrected chi connectivity index (χ4v) is 8.80. The van der Waals surface area contributed by atoms with Crippen molar-refractivity contribution in [3.05, 3.63) is 0 Å². The summed E-state index contributed by atoms with van der Waals surface area (Å²) in [5.41, 5.74) is 0. The van der Waals surface area contributed by atoms with Crippen LogP contribution in [0, 0.1) is 0 Å². The van der Waals surface area contributed by atoms with Gasteiger partial charge in [-0.15, -0.1) is 0 Å². The van der Waals surface area contributed by atoms with Crippen molar-refractivity contribution in [1.82, 2.24) is 0 Å². The zero-order valence-corrected chi connectivity index (χ0v) is 13.6. The van der Waals surface area contributed by atoms with Crippen LogP contribution < -0.4 is 0 Å². The minimum atomic E-state index is -1.64. The van der Waals surface area contributed by atoms with Crippen LogP contribution in [0.3, 0.4) is 0 Å². The van der Waals surface area contributed by atoms with Gasteiger partial charge in [0.15, 0.2) is 0 Å². The van der Waals surface area contributed by atoms with Gasteiger partial charge < -0.3 is 0 Å². The van der Waals surface area contributed by atoms with Crippen LogP contribution in [0.5, 0.6) is 0 Å². The van der Waals surface area contributed by atoms with E-state index in [0.29, 0.717) is 0 Å². The van der Waals surface area contributed by atoms with Crippen molar-refractivity contribution in [2.75, 3.05) is 0 Å². The molecule has 80 valence electrons. The molecule has 0 aliphatic carbocycles. The van der Waals surface area contributed by atoms with Crippen LogP contribution in [-0.2, 0) is 12.4 Å². The van der Waals surface area contributed by atoms with Crippen molar-refractivity contribution in [3.63, 3.8) is 0 Å². The van der Waals surface area contributed by atoms with Crippen molar-refractivity contribution in [1.29, 1.82) is 0 Å². The van der Waals surface area contributed by atoms with Crippen molar-refractivity contribution in [2.24, 2.45) is 0 Å². The first-order chi connectivity index (χ1) is 6.12. The average molecular weight is 350 g/mol. The molecule has 0 rings (SSSR count). The Morgan fingerprint density at radius 2 is 1.15 bits per heavy atom. The van der Waals surface area contributed by atoms with Gasteiger partial charge in [0.25, 0.3) is 0 Å². The Hall–Kier alpha value is 1.67. The average Bonchev–Trinajstić information content (AvgIpc) is 2.05. The molecule has 0 saturated heterocycles. The standard InChI is InChI=1S/2C5H11.2BrH.Ti/c2*1-3-5-4-2;;;/h2*1,3-5H2,2H3;2*1H;/q;;;;+2/p-2. The molecule has 0 nitrogen and oxygen atoms in total. The summed E-state index contributed by atoms with van der Waals surface area (Å²) >= 11 is 6.26. The Morgan fingerprint density at radius 3 is 1.46 bits per heavy atom. The number of halogens is 2. The number of unbranched alkanes of at least 4 members (excludes halogenated alkanes) is 4. The molecule has 0 aliphatic heterocycles. The minimum absolute atomic E-state index is 1.34. The van der Waals surface area contributed by atoms with E-state index < -0.39 is 12.4 Å². The molecule has 0 fully saturated rings. The van der Waals surface area contributed by atoms with E-state index in [1.165, 1.54) is 48.0 Å². The van der Waals surface area contributed by atoms with Crippen molar-refractivity contribution in [3.8, 4) is 0 Å². The first-order valence-corrected chi connectivity index (χ1v) is 15.4. The van der Waals surface area contributed by atoms with Crippen molar-refractivity contribution in [2.45, 2.75) is 61.8 Å². The predicted octanol–water partition coefficient (Wildman–Crippen LogP) is 5.98. The first kappa shape index (κ1) is 14.7. The zero-order valence-electron chi connectivity index (χ0n) is 8.91. The number of hydrogen-bond donors (Lipinski definition) is 0. The molecule has 0 bridgehead atoms. The maximum atomic E-state index is 3.95. The van der Waals surface area contributed by atoms with Gasteiger partial charge in [0, 0.05) is 0 Å². The molecular formula is C10H22Br2Ti. The third-order valence-electron chi connectivity index (χ3n) is 2.29. The summed E-state index contributed by atoms with van der Waals surface area (Å²) in [5, 5.41) is 0. The van der Waals surface area contributed by atoms with Crippen LogP contribution in [0.4, 0.5) is 0 Å². The molecule has 0 radical (unpaired) electrons. The monoisotopic (exact) mass is 348 g/mol. The Labute approximate surface area is 99.7 Å². The van der Waals surface area contributed by atoms with Gasteiger partial charge in [-0.3, -0.25) is 0 Å². The van der Waals surface area contributed by atoms with Crippen LogP contribution in [0.2, 0.25) is 9.45 Å². The normalized spacial score (nSPS) is 12.0. The summed E-state index contributed by atoms with van der Waals surface area (Å²) in [4.78, 5) is 0. The Bertz CT molecular complexity index is 103. The second kappa shape index (κ2) is 8.94. The van der Waals surface area contributed by atoms with Crippen LogP contribution in [0.25, 0.3) is 0 Å². The molecule has 0 aromatic carbocycles. The molecule has 13 heavy (non-hydrogen) atoms. The quantitative estimate of drug-likeness (QED) is 0.373. The SMILES string of the molecule is CCCC[CH2][Ti]([Br])([Br])[CH2]CCCC. The van der Waals surface area contributed by atoms with Gasteiger partial charge in [-0.2, -0.15) is 0 Å². The van der Waals surface area contributed by atoms with Gasteiger partial charge in [0.1, 0.15) is 0 Å². The Balaban J connectivity index is 3.42. The van der Waals surface area contributed by atoms with Crippen molar-refractivity contribution >= 4 is 26.3 Å². The summed E-state index contributed by atoms with van der Waals surface area (Å²) in [5.74, 6) is 0. The summed E-state index contributed by atoms with van der Waals surface area (Å²) in [6.45, 7) is 4.54. The van der Waals surface area contributed by atoms with Crippen LogP contribution in [0.1, 0.15) is 52.4 Å². The Morgan fingerprint density at radius 1 is 0.769 bits per heavy atom. The van der Waals surface area contributed by atoms with E-state index in [-0.39, 0.29) is 0 Å². The predicted molar refractivity (Wildman–Crippen MR) is 66.5 cm³/mol. The number of rotatable bonds is 8. The second-order valence-corrected chi connectivity index (χ2v) is 24.9. The van der Waals surface area contributed by atoms with E-state index in [2.05, 4.69) is 40.2 Å². The first-order valence-electron chi connectivity index (χ1n) is 5.50. The molecule has 0 amide bonds.